The van der Waals surface area contributed by atoms with Gasteiger partial charge in [0.2, 0.25) is 0 Å². The van der Waals surface area contributed by atoms with Gasteiger partial charge in [0.25, 0.3) is 0 Å². The Morgan fingerprint density at radius 2 is 2.15 bits per heavy atom. The van der Waals surface area contributed by atoms with Gasteiger partial charge in [0.1, 0.15) is 17.5 Å². The summed E-state index contributed by atoms with van der Waals surface area (Å²) in [6.07, 6.45) is 0. The van der Waals surface area contributed by atoms with Crippen LogP contribution in [-0.4, -0.2) is 26.7 Å². The maximum absolute atomic E-state index is 11.5. The van der Waals surface area contributed by atoms with Crippen LogP contribution in [0.25, 0.3) is 10.9 Å². The fraction of sp³-hybridized carbons (Fsp3) is 0.286. The molecule has 1 atom stereocenters. The van der Waals surface area contributed by atoms with Gasteiger partial charge in [-0.15, -0.1) is 0 Å². The van der Waals surface area contributed by atoms with E-state index in [1.54, 1.807) is 6.92 Å². The lowest BCUT2D eigenvalue weighted by Gasteiger charge is -2.07. The van der Waals surface area contributed by atoms with Gasteiger partial charge in [-0.05, 0) is 12.1 Å². The lowest BCUT2D eigenvalue weighted by atomic mass is 10.2. The second kappa shape index (κ2) is 6.81. The van der Waals surface area contributed by atoms with Crippen molar-refractivity contribution in [3.63, 3.8) is 0 Å². The first-order valence-corrected chi connectivity index (χ1v) is 8.01. The number of nitrogens with zero attached hydrogens (tertiary/aromatic N) is 1. The van der Waals surface area contributed by atoms with Crippen molar-refractivity contribution in [1.29, 1.82) is 0 Å². The van der Waals surface area contributed by atoms with Crippen molar-refractivity contribution < 1.29 is 13.7 Å². The van der Waals surface area contributed by atoms with Crippen LogP contribution in [-0.2, 0) is 26.9 Å². The predicted molar refractivity (Wildman–Crippen MR) is 80.1 cm³/mol. The highest BCUT2D eigenvalue weighted by Gasteiger charge is 2.10. The van der Waals surface area contributed by atoms with Crippen LogP contribution < -0.4 is 0 Å². The molecule has 1 aromatic heterocycles. The summed E-state index contributed by atoms with van der Waals surface area (Å²) in [5, 5.41) is 1.24. The minimum Gasteiger partial charge on any atom is -0.460 e. The van der Waals surface area contributed by atoms with Gasteiger partial charge >= 0.3 is 5.97 Å². The molecule has 2 rings (SSSR count). The molecular formula is C14H14ClNO3S. The Balaban J connectivity index is 2.08. The van der Waals surface area contributed by atoms with E-state index in [0.29, 0.717) is 16.5 Å². The number of carbonyl (C=O) groups is 1. The monoisotopic (exact) mass is 311 g/mol. The Morgan fingerprint density at radius 3 is 2.90 bits per heavy atom. The molecule has 0 radical (unpaired) electrons. The summed E-state index contributed by atoms with van der Waals surface area (Å²) in [5.41, 5.74) is 1.43. The van der Waals surface area contributed by atoms with Crippen LogP contribution in [0.15, 0.2) is 30.3 Å². The first-order valence-electron chi connectivity index (χ1n) is 6.15. The Hall–Kier alpha value is -1.46. The minimum atomic E-state index is -1.17. The zero-order valence-electron chi connectivity index (χ0n) is 11.0. The van der Waals surface area contributed by atoms with E-state index in [1.165, 1.54) is 0 Å². The molecule has 1 aromatic carbocycles. The molecule has 0 bridgehead atoms. The highest BCUT2D eigenvalue weighted by atomic mass is 35.5. The molecule has 4 nitrogen and oxygen atoms in total. The van der Waals surface area contributed by atoms with Gasteiger partial charge in [-0.25, -0.2) is 4.98 Å². The molecule has 0 aliphatic carbocycles. The van der Waals surface area contributed by atoms with Crippen molar-refractivity contribution in [2.24, 2.45) is 0 Å². The van der Waals surface area contributed by atoms with Crippen LogP contribution in [0.3, 0.4) is 0 Å². The van der Waals surface area contributed by atoms with Gasteiger partial charge in [-0.1, -0.05) is 36.7 Å². The maximum Gasteiger partial charge on any atom is 0.318 e. The number of hydrogen-bond acceptors (Lipinski definition) is 4. The molecule has 0 spiro atoms. The normalized spacial score (nSPS) is 12.3. The van der Waals surface area contributed by atoms with E-state index < -0.39 is 16.8 Å². The highest BCUT2D eigenvalue weighted by molar-refractivity contribution is 7.85. The predicted octanol–water partition coefficient (Wildman–Crippen LogP) is 2.70. The van der Waals surface area contributed by atoms with E-state index in [0.717, 1.165) is 10.9 Å². The first-order chi connectivity index (χ1) is 9.60. The van der Waals surface area contributed by atoms with Crippen LogP contribution in [0.1, 0.15) is 12.5 Å². The summed E-state index contributed by atoms with van der Waals surface area (Å²) < 4.78 is 16.3. The molecule has 20 heavy (non-hydrogen) atoms. The van der Waals surface area contributed by atoms with Crippen molar-refractivity contribution in [3.8, 4) is 0 Å². The molecule has 1 unspecified atom stereocenters. The zero-order valence-corrected chi connectivity index (χ0v) is 12.5. The second-order valence-electron chi connectivity index (χ2n) is 4.16. The van der Waals surface area contributed by atoms with Crippen molar-refractivity contribution in [3.05, 3.63) is 41.0 Å². The molecule has 0 saturated carbocycles. The van der Waals surface area contributed by atoms with Gasteiger partial charge in [0, 0.05) is 27.5 Å². The molecule has 0 aliphatic heterocycles. The minimum absolute atomic E-state index is 0.0381. The average molecular weight is 312 g/mol. The molecule has 0 fully saturated rings. The van der Waals surface area contributed by atoms with E-state index in [-0.39, 0.29) is 12.4 Å². The van der Waals surface area contributed by atoms with Crippen LogP contribution in [0.4, 0.5) is 0 Å². The average Bonchev–Trinajstić information content (AvgIpc) is 2.44. The third-order valence-electron chi connectivity index (χ3n) is 2.74. The highest BCUT2D eigenvalue weighted by Crippen LogP contribution is 2.21. The van der Waals surface area contributed by atoms with Gasteiger partial charge in [-0.2, -0.15) is 0 Å². The molecular weight excluding hydrogens is 298 g/mol. The van der Waals surface area contributed by atoms with E-state index in [2.05, 4.69) is 4.98 Å². The summed E-state index contributed by atoms with van der Waals surface area (Å²) in [5.74, 6) is -0.142. The van der Waals surface area contributed by atoms with Crippen molar-refractivity contribution in [2.45, 2.75) is 13.5 Å². The molecule has 106 valence electrons. The Kier molecular flexibility index (Phi) is 5.09. The Labute approximate surface area is 124 Å². The number of para-hydroxylation sites is 1. The number of esters is 1. The number of carbonyl (C=O) groups excluding carboxylic acids is 1. The second-order valence-corrected chi connectivity index (χ2v) is 6.27. The number of pyridine rings is 1. The Bertz CT molecular complexity index is 660. The molecule has 6 heteroatoms. The number of hydrogen-bond donors (Lipinski definition) is 0. The fourth-order valence-electron chi connectivity index (χ4n) is 1.67. The smallest absolute Gasteiger partial charge is 0.318 e. The van der Waals surface area contributed by atoms with Gasteiger partial charge in [-0.3, -0.25) is 9.00 Å². The number of benzene rings is 1. The van der Waals surface area contributed by atoms with Gasteiger partial charge in [0.05, 0.1) is 5.52 Å². The SMILES string of the molecule is CCS(=O)CC(=O)OCc1cc2ccccc2nc1Cl. The van der Waals surface area contributed by atoms with Crippen molar-refractivity contribution >= 4 is 39.3 Å². The third kappa shape index (κ3) is 3.77. The standard InChI is InChI=1S/C14H14ClNO3S/c1-2-20(18)9-13(17)19-8-11-7-10-5-3-4-6-12(10)16-14(11)15/h3-7H,2,8-9H2,1H3. The molecule has 0 N–H and O–H groups in total. The summed E-state index contributed by atoms with van der Waals surface area (Å²) in [7, 11) is -1.17. The topological polar surface area (TPSA) is 56.3 Å². The maximum atomic E-state index is 11.5. The summed E-state index contributed by atoms with van der Waals surface area (Å²) in [6, 6.07) is 9.40. The summed E-state index contributed by atoms with van der Waals surface area (Å²) in [4.78, 5) is 15.7. The molecule has 0 amide bonds. The number of halogens is 1. The number of aromatic nitrogens is 1. The van der Waals surface area contributed by atoms with E-state index in [9.17, 15) is 9.00 Å². The van der Waals surface area contributed by atoms with E-state index >= 15 is 0 Å². The Morgan fingerprint density at radius 1 is 1.40 bits per heavy atom. The quantitative estimate of drug-likeness (QED) is 0.629. The third-order valence-corrected chi connectivity index (χ3v) is 4.27. The largest absolute Gasteiger partial charge is 0.460 e. The van der Waals surface area contributed by atoms with E-state index in [1.807, 2.05) is 30.3 Å². The van der Waals surface area contributed by atoms with Gasteiger partial charge in [0.15, 0.2) is 0 Å². The molecule has 0 aliphatic rings. The van der Waals surface area contributed by atoms with Crippen LogP contribution in [0, 0.1) is 0 Å². The van der Waals surface area contributed by atoms with Gasteiger partial charge < -0.3 is 4.74 Å². The summed E-state index contributed by atoms with van der Waals surface area (Å²) >= 11 is 6.06. The summed E-state index contributed by atoms with van der Waals surface area (Å²) in [6.45, 7) is 1.80. The lowest BCUT2D eigenvalue weighted by Crippen LogP contribution is -2.15. The van der Waals surface area contributed by atoms with Crippen LogP contribution in [0.2, 0.25) is 5.15 Å². The number of rotatable bonds is 5. The lowest BCUT2D eigenvalue weighted by molar-refractivity contribution is -0.141. The zero-order chi connectivity index (χ0) is 14.5. The van der Waals surface area contributed by atoms with Crippen LogP contribution >= 0.6 is 11.6 Å². The first kappa shape index (κ1) is 14.9. The number of ether oxygens (including phenoxy) is 1. The van der Waals surface area contributed by atoms with Crippen molar-refractivity contribution in [2.75, 3.05) is 11.5 Å². The fourth-order valence-corrected chi connectivity index (χ4v) is 2.42. The van der Waals surface area contributed by atoms with Crippen LogP contribution in [0.5, 0.6) is 0 Å². The van der Waals surface area contributed by atoms with E-state index in [4.69, 9.17) is 16.3 Å². The molecule has 0 saturated heterocycles. The molecule has 2 aromatic rings. The number of fused-ring (bicyclic) bond motifs is 1. The molecule has 1 heterocycles. The van der Waals surface area contributed by atoms with Crippen molar-refractivity contribution in [1.82, 2.24) is 4.98 Å².